The Kier molecular flexibility index (Phi) is 21.9. The predicted octanol–water partition coefficient (Wildman–Crippen LogP) is 7.17. The normalized spacial score (nSPS) is 11.5. The maximum absolute atomic E-state index is 12.0. The van der Waals surface area contributed by atoms with Gasteiger partial charge in [-0.1, -0.05) is 98.8 Å². The Morgan fingerprint density at radius 2 is 0.970 bits per heavy atom. The summed E-state index contributed by atoms with van der Waals surface area (Å²) in [6.45, 7) is 14.3. The second kappa shape index (κ2) is 22.7. The summed E-state index contributed by atoms with van der Waals surface area (Å²) in [5, 5.41) is 0. The van der Waals surface area contributed by atoms with E-state index in [9.17, 15) is 9.59 Å². The molecule has 0 aliphatic carbocycles. The zero-order valence-corrected chi connectivity index (χ0v) is 22.7. The Morgan fingerprint density at radius 3 is 1.33 bits per heavy atom. The van der Waals surface area contributed by atoms with Gasteiger partial charge in [0.15, 0.2) is 0 Å². The summed E-state index contributed by atoms with van der Waals surface area (Å²) in [5.41, 5.74) is 0. The van der Waals surface area contributed by atoms with Crippen LogP contribution in [0.4, 0.5) is 0 Å². The molecule has 0 atom stereocenters. The number of ether oxygens (including phenoxy) is 2. The number of esters is 2. The predicted molar refractivity (Wildman–Crippen MR) is 138 cm³/mol. The number of carbonyl (C=O) groups is 2. The summed E-state index contributed by atoms with van der Waals surface area (Å²) in [6.07, 6.45) is 15.2. The Labute approximate surface area is 205 Å². The van der Waals surface area contributed by atoms with Crippen LogP contribution in [0, 0.1) is 11.8 Å². The average molecular weight is 470 g/mol. The van der Waals surface area contributed by atoms with Crippen LogP contribution in [-0.4, -0.2) is 49.7 Å². The first-order chi connectivity index (χ1) is 15.8. The van der Waals surface area contributed by atoms with Crippen molar-refractivity contribution in [2.75, 3.05) is 32.8 Å². The molecule has 0 heterocycles. The fourth-order valence-corrected chi connectivity index (χ4v) is 3.81. The minimum atomic E-state index is -0.135. The molecule has 0 saturated heterocycles. The summed E-state index contributed by atoms with van der Waals surface area (Å²) in [5.74, 6) is 1.31. The van der Waals surface area contributed by atoms with E-state index in [1.807, 2.05) is 0 Å². The maximum Gasteiger partial charge on any atom is 0.307 e. The molecule has 0 bridgehead atoms. The van der Waals surface area contributed by atoms with Crippen molar-refractivity contribution in [2.45, 2.75) is 125 Å². The Bertz CT molecular complexity index is 425. The molecule has 33 heavy (non-hydrogen) atoms. The maximum atomic E-state index is 12.0. The lowest BCUT2D eigenvalue weighted by Gasteiger charge is -2.19. The SMILES string of the molecule is CCN(CCC(=O)OCCCCCCCC(C)C)CCC(=O)OCCCCCCCC(C)C. The van der Waals surface area contributed by atoms with Crippen LogP contribution in [0.15, 0.2) is 0 Å². The number of carbonyl (C=O) groups excluding carboxylic acids is 2. The highest BCUT2D eigenvalue weighted by molar-refractivity contribution is 5.70. The number of unbranched alkanes of at least 4 members (excludes halogenated alkanes) is 8. The van der Waals surface area contributed by atoms with Crippen LogP contribution in [0.2, 0.25) is 0 Å². The second-order valence-electron chi connectivity index (χ2n) is 10.3. The molecule has 5 heteroatoms. The van der Waals surface area contributed by atoms with Crippen molar-refractivity contribution < 1.29 is 19.1 Å². The Morgan fingerprint density at radius 1 is 0.606 bits per heavy atom. The number of hydrogen-bond acceptors (Lipinski definition) is 5. The van der Waals surface area contributed by atoms with Gasteiger partial charge in [-0.05, 0) is 31.2 Å². The Hall–Kier alpha value is -1.10. The van der Waals surface area contributed by atoms with E-state index in [-0.39, 0.29) is 11.9 Å². The quantitative estimate of drug-likeness (QED) is 0.117. The summed E-state index contributed by atoms with van der Waals surface area (Å²) < 4.78 is 10.7. The van der Waals surface area contributed by atoms with E-state index in [0.717, 1.165) is 44.1 Å². The van der Waals surface area contributed by atoms with Crippen LogP contribution >= 0.6 is 0 Å². The van der Waals surface area contributed by atoms with Gasteiger partial charge in [0, 0.05) is 13.1 Å². The molecule has 0 saturated carbocycles. The van der Waals surface area contributed by atoms with E-state index in [1.165, 1.54) is 51.4 Å². The van der Waals surface area contributed by atoms with E-state index in [1.54, 1.807) is 0 Å². The van der Waals surface area contributed by atoms with Crippen LogP contribution in [0.1, 0.15) is 125 Å². The third-order valence-electron chi connectivity index (χ3n) is 6.09. The molecule has 0 aliphatic rings. The lowest BCUT2D eigenvalue weighted by Crippen LogP contribution is -2.29. The minimum absolute atomic E-state index is 0.135. The van der Waals surface area contributed by atoms with Gasteiger partial charge in [0.2, 0.25) is 0 Å². The molecule has 196 valence electrons. The molecule has 0 radical (unpaired) electrons. The van der Waals surface area contributed by atoms with Gasteiger partial charge in [-0.15, -0.1) is 0 Å². The zero-order valence-electron chi connectivity index (χ0n) is 22.7. The first-order valence-electron chi connectivity index (χ1n) is 13.9. The molecular weight excluding hydrogens is 414 g/mol. The molecule has 0 aliphatic heterocycles. The highest BCUT2D eigenvalue weighted by Crippen LogP contribution is 2.11. The van der Waals surface area contributed by atoms with Crippen molar-refractivity contribution in [3.05, 3.63) is 0 Å². The minimum Gasteiger partial charge on any atom is -0.466 e. The molecule has 0 unspecified atom stereocenters. The van der Waals surface area contributed by atoms with Gasteiger partial charge >= 0.3 is 11.9 Å². The Balaban J connectivity index is 3.63. The highest BCUT2D eigenvalue weighted by Gasteiger charge is 2.11. The standard InChI is InChI=1S/C28H55NO4/c1-6-29(21-19-27(30)32-23-15-11-7-9-13-17-25(2)3)22-20-28(31)33-24-16-12-8-10-14-18-26(4)5/h25-26H,6-24H2,1-5H3. The summed E-state index contributed by atoms with van der Waals surface area (Å²) in [4.78, 5) is 26.1. The van der Waals surface area contributed by atoms with Crippen molar-refractivity contribution >= 4 is 11.9 Å². The van der Waals surface area contributed by atoms with Crippen LogP contribution in [0.5, 0.6) is 0 Å². The third-order valence-corrected chi connectivity index (χ3v) is 6.09. The van der Waals surface area contributed by atoms with Gasteiger partial charge in [-0.2, -0.15) is 0 Å². The molecular formula is C28H55NO4. The van der Waals surface area contributed by atoms with Gasteiger partial charge in [0.1, 0.15) is 0 Å². The number of rotatable bonds is 23. The molecule has 0 aromatic rings. The molecule has 0 aromatic heterocycles. The molecule has 5 nitrogen and oxygen atoms in total. The van der Waals surface area contributed by atoms with E-state index in [2.05, 4.69) is 39.5 Å². The fourth-order valence-electron chi connectivity index (χ4n) is 3.81. The summed E-state index contributed by atoms with van der Waals surface area (Å²) >= 11 is 0. The van der Waals surface area contributed by atoms with Crippen molar-refractivity contribution in [1.29, 1.82) is 0 Å². The van der Waals surface area contributed by atoms with Crippen molar-refractivity contribution in [3.63, 3.8) is 0 Å². The van der Waals surface area contributed by atoms with Crippen LogP contribution in [-0.2, 0) is 19.1 Å². The van der Waals surface area contributed by atoms with Crippen LogP contribution < -0.4 is 0 Å². The topological polar surface area (TPSA) is 55.8 Å². The lowest BCUT2D eigenvalue weighted by atomic mass is 10.0. The highest BCUT2D eigenvalue weighted by atomic mass is 16.5. The van der Waals surface area contributed by atoms with Crippen LogP contribution in [0.25, 0.3) is 0 Å². The van der Waals surface area contributed by atoms with Crippen molar-refractivity contribution in [3.8, 4) is 0 Å². The van der Waals surface area contributed by atoms with Crippen molar-refractivity contribution in [2.24, 2.45) is 11.8 Å². The number of nitrogens with zero attached hydrogens (tertiary/aromatic N) is 1. The van der Waals surface area contributed by atoms with Gasteiger partial charge in [-0.25, -0.2) is 0 Å². The van der Waals surface area contributed by atoms with Gasteiger partial charge in [-0.3, -0.25) is 9.59 Å². The smallest absolute Gasteiger partial charge is 0.307 e. The lowest BCUT2D eigenvalue weighted by molar-refractivity contribution is -0.144. The molecule has 0 N–H and O–H groups in total. The molecule has 0 fully saturated rings. The molecule has 0 aromatic carbocycles. The van der Waals surface area contributed by atoms with Gasteiger partial charge in [0.05, 0.1) is 26.1 Å². The third kappa shape index (κ3) is 23.8. The van der Waals surface area contributed by atoms with Gasteiger partial charge < -0.3 is 14.4 Å². The molecule has 0 rings (SSSR count). The zero-order chi connectivity index (χ0) is 24.7. The fraction of sp³-hybridized carbons (Fsp3) is 0.929. The first kappa shape index (κ1) is 31.9. The van der Waals surface area contributed by atoms with E-state index >= 15 is 0 Å². The van der Waals surface area contributed by atoms with E-state index in [0.29, 0.717) is 39.1 Å². The van der Waals surface area contributed by atoms with E-state index in [4.69, 9.17) is 9.47 Å². The molecule has 0 amide bonds. The van der Waals surface area contributed by atoms with Crippen molar-refractivity contribution in [1.82, 2.24) is 4.90 Å². The summed E-state index contributed by atoms with van der Waals surface area (Å²) in [6, 6.07) is 0. The summed E-state index contributed by atoms with van der Waals surface area (Å²) in [7, 11) is 0. The second-order valence-corrected chi connectivity index (χ2v) is 10.3. The molecule has 0 spiro atoms. The van der Waals surface area contributed by atoms with Crippen LogP contribution in [0.3, 0.4) is 0 Å². The van der Waals surface area contributed by atoms with Gasteiger partial charge in [0.25, 0.3) is 0 Å². The average Bonchev–Trinajstić information content (AvgIpc) is 2.77. The van der Waals surface area contributed by atoms with E-state index < -0.39 is 0 Å². The first-order valence-corrected chi connectivity index (χ1v) is 13.9. The largest absolute Gasteiger partial charge is 0.466 e. The monoisotopic (exact) mass is 469 g/mol. The number of hydrogen-bond donors (Lipinski definition) is 0.